The lowest BCUT2D eigenvalue weighted by atomic mass is 10.1. The molecule has 0 atom stereocenters. The standard InChI is InChI=1S/C22H18ClN4/c1-14-2-7-18(12-20(14)23)25-22-24-13-17-10-11-27(21(17)26-22)19-8-5-16(6-9-19)15-3-4-15/h2,5-13H,3-4H2,1H3,(H,24,25,26). The van der Waals surface area contributed by atoms with Gasteiger partial charge in [-0.2, -0.15) is 4.98 Å². The predicted octanol–water partition coefficient (Wildman–Crippen LogP) is 5.84. The molecule has 0 aliphatic heterocycles. The normalized spacial score (nSPS) is 13.9. The predicted molar refractivity (Wildman–Crippen MR) is 110 cm³/mol. The zero-order chi connectivity index (χ0) is 18.4. The number of aryl methyl sites for hydroxylation is 1. The zero-order valence-electron chi connectivity index (χ0n) is 14.9. The van der Waals surface area contributed by atoms with Crippen molar-refractivity contribution in [3.05, 3.63) is 83.0 Å². The second-order valence-corrected chi connectivity index (χ2v) is 7.30. The summed E-state index contributed by atoms with van der Waals surface area (Å²) in [5, 5.41) is 4.96. The summed E-state index contributed by atoms with van der Waals surface area (Å²) in [6, 6.07) is 16.6. The molecule has 1 fully saturated rings. The molecule has 0 saturated heterocycles. The third-order valence-electron chi connectivity index (χ3n) is 4.91. The molecular formula is C22H18ClN4. The van der Waals surface area contributed by atoms with Crippen LogP contribution in [-0.4, -0.2) is 14.5 Å². The Labute approximate surface area is 162 Å². The van der Waals surface area contributed by atoms with Crippen LogP contribution in [0.5, 0.6) is 0 Å². The van der Waals surface area contributed by atoms with Gasteiger partial charge in [0.2, 0.25) is 5.95 Å². The maximum absolute atomic E-state index is 6.22. The van der Waals surface area contributed by atoms with E-state index in [1.165, 1.54) is 18.4 Å². The van der Waals surface area contributed by atoms with Gasteiger partial charge in [-0.15, -0.1) is 0 Å². The molecule has 5 rings (SSSR count). The van der Waals surface area contributed by atoms with E-state index in [0.29, 0.717) is 5.95 Å². The van der Waals surface area contributed by atoms with Gasteiger partial charge in [-0.3, -0.25) is 0 Å². The minimum atomic E-state index is 0.549. The van der Waals surface area contributed by atoms with E-state index in [0.717, 1.165) is 33.0 Å². The summed E-state index contributed by atoms with van der Waals surface area (Å²) in [6.45, 7) is 1.98. The molecule has 2 heterocycles. The van der Waals surface area contributed by atoms with Crippen LogP contribution in [-0.2, 0) is 0 Å². The van der Waals surface area contributed by atoms with Crippen LogP contribution < -0.4 is 5.32 Å². The second-order valence-electron chi connectivity index (χ2n) is 6.90. The fourth-order valence-electron chi connectivity index (χ4n) is 3.20. The second kappa shape index (κ2) is 6.39. The topological polar surface area (TPSA) is 42.7 Å². The SMILES string of the molecule is Cc1ccc(Nc2ncc3ccn(-c4ccc([C]5CC5)cc4)c3n2)cc1Cl. The van der Waals surface area contributed by atoms with E-state index >= 15 is 0 Å². The average Bonchev–Trinajstić information content (AvgIpc) is 3.45. The molecule has 0 spiro atoms. The number of aromatic nitrogens is 3. The Kier molecular flexibility index (Phi) is 3.87. The van der Waals surface area contributed by atoms with Crippen LogP contribution in [0.25, 0.3) is 16.7 Å². The maximum atomic E-state index is 6.22. The Balaban J connectivity index is 1.49. The first-order chi connectivity index (χ1) is 13.2. The van der Waals surface area contributed by atoms with Gasteiger partial charge < -0.3 is 9.88 Å². The van der Waals surface area contributed by atoms with Crippen molar-refractivity contribution in [1.29, 1.82) is 0 Å². The summed E-state index contributed by atoms with van der Waals surface area (Å²) in [5.74, 6) is 2.09. The van der Waals surface area contributed by atoms with E-state index in [-0.39, 0.29) is 0 Å². The van der Waals surface area contributed by atoms with E-state index in [1.807, 2.05) is 43.6 Å². The van der Waals surface area contributed by atoms with Crippen molar-refractivity contribution in [2.45, 2.75) is 19.8 Å². The smallest absolute Gasteiger partial charge is 0.229 e. The molecule has 2 aromatic heterocycles. The van der Waals surface area contributed by atoms with Gasteiger partial charge >= 0.3 is 0 Å². The lowest BCUT2D eigenvalue weighted by Gasteiger charge is -2.09. The quantitative estimate of drug-likeness (QED) is 0.488. The van der Waals surface area contributed by atoms with Crippen LogP contribution >= 0.6 is 11.6 Å². The molecule has 1 N–H and O–H groups in total. The van der Waals surface area contributed by atoms with Crippen LogP contribution in [0.15, 0.2) is 60.9 Å². The summed E-state index contributed by atoms with van der Waals surface area (Å²) in [6.07, 6.45) is 6.34. The molecule has 0 unspecified atom stereocenters. The van der Waals surface area contributed by atoms with Crippen molar-refractivity contribution >= 4 is 34.3 Å². The molecule has 2 aromatic carbocycles. The first-order valence-corrected chi connectivity index (χ1v) is 9.38. The number of anilines is 2. The Hall–Kier alpha value is -2.85. The van der Waals surface area contributed by atoms with E-state index in [2.05, 4.69) is 39.1 Å². The third-order valence-corrected chi connectivity index (χ3v) is 5.32. The molecule has 133 valence electrons. The Morgan fingerprint density at radius 3 is 2.59 bits per heavy atom. The number of nitrogens with zero attached hydrogens (tertiary/aromatic N) is 3. The summed E-state index contributed by atoms with van der Waals surface area (Å²) in [4.78, 5) is 9.15. The fraction of sp³-hybridized carbons (Fsp3) is 0.136. The van der Waals surface area contributed by atoms with Gasteiger partial charge in [0.1, 0.15) is 5.65 Å². The Bertz CT molecular complexity index is 1130. The highest BCUT2D eigenvalue weighted by Gasteiger charge is 2.24. The molecule has 0 bridgehead atoms. The third kappa shape index (κ3) is 3.17. The van der Waals surface area contributed by atoms with E-state index in [9.17, 15) is 0 Å². The van der Waals surface area contributed by atoms with E-state index in [1.54, 1.807) is 5.92 Å². The highest BCUT2D eigenvalue weighted by molar-refractivity contribution is 6.31. The Morgan fingerprint density at radius 2 is 1.85 bits per heavy atom. The summed E-state index contributed by atoms with van der Waals surface area (Å²) in [5.41, 5.74) is 5.23. The van der Waals surface area contributed by atoms with Crippen LogP contribution in [0.3, 0.4) is 0 Å². The van der Waals surface area contributed by atoms with Gasteiger partial charge in [-0.25, -0.2) is 4.98 Å². The number of benzene rings is 2. The minimum Gasteiger partial charge on any atom is -0.324 e. The summed E-state index contributed by atoms with van der Waals surface area (Å²) >= 11 is 6.22. The minimum absolute atomic E-state index is 0.549. The average molecular weight is 374 g/mol. The molecule has 0 amide bonds. The highest BCUT2D eigenvalue weighted by atomic mass is 35.5. The van der Waals surface area contributed by atoms with Gasteiger partial charge in [0, 0.05) is 40.1 Å². The maximum Gasteiger partial charge on any atom is 0.229 e. The number of hydrogen-bond acceptors (Lipinski definition) is 3. The molecule has 1 radical (unpaired) electrons. The number of fused-ring (bicyclic) bond motifs is 1. The largest absolute Gasteiger partial charge is 0.324 e. The van der Waals surface area contributed by atoms with Crippen molar-refractivity contribution in [2.24, 2.45) is 0 Å². The molecule has 1 saturated carbocycles. The van der Waals surface area contributed by atoms with E-state index < -0.39 is 0 Å². The molecular weight excluding hydrogens is 356 g/mol. The fourth-order valence-corrected chi connectivity index (χ4v) is 3.38. The first kappa shape index (κ1) is 16.3. The van der Waals surface area contributed by atoms with Crippen molar-refractivity contribution < 1.29 is 0 Å². The van der Waals surface area contributed by atoms with Gasteiger partial charge in [0.15, 0.2) is 0 Å². The van der Waals surface area contributed by atoms with Crippen LogP contribution in [0.4, 0.5) is 11.6 Å². The van der Waals surface area contributed by atoms with Gasteiger partial charge in [-0.1, -0.05) is 29.8 Å². The Morgan fingerprint density at radius 1 is 1.04 bits per heavy atom. The molecule has 4 aromatic rings. The molecule has 5 heteroatoms. The number of hydrogen-bond donors (Lipinski definition) is 1. The molecule has 1 aliphatic rings. The molecule has 1 aliphatic carbocycles. The monoisotopic (exact) mass is 373 g/mol. The van der Waals surface area contributed by atoms with Crippen molar-refractivity contribution in [3.63, 3.8) is 0 Å². The van der Waals surface area contributed by atoms with Gasteiger partial charge in [0.05, 0.1) is 0 Å². The number of rotatable bonds is 4. The summed E-state index contributed by atoms with van der Waals surface area (Å²) < 4.78 is 2.09. The van der Waals surface area contributed by atoms with Gasteiger partial charge in [-0.05, 0) is 61.2 Å². The van der Waals surface area contributed by atoms with Crippen molar-refractivity contribution in [1.82, 2.24) is 14.5 Å². The number of halogens is 1. The van der Waals surface area contributed by atoms with E-state index in [4.69, 9.17) is 16.6 Å². The van der Waals surface area contributed by atoms with Crippen LogP contribution in [0.1, 0.15) is 24.0 Å². The van der Waals surface area contributed by atoms with Crippen LogP contribution in [0, 0.1) is 12.8 Å². The lowest BCUT2D eigenvalue weighted by Crippen LogP contribution is -2.00. The summed E-state index contributed by atoms with van der Waals surface area (Å²) in [7, 11) is 0. The molecule has 4 nitrogen and oxygen atoms in total. The number of nitrogens with one attached hydrogen (secondary N) is 1. The first-order valence-electron chi connectivity index (χ1n) is 9.00. The van der Waals surface area contributed by atoms with Crippen LogP contribution in [0.2, 0.25) is 5.02 Å². The highest BCUT2D eigenvalue weighted by Crippen LogP contribution is 2.39. The van der Waals surface area contributed by atoms with Crippen molar-refractivity contribution in [3.8, 4) is 5.69 Å². The lowest BCUT2D eigenvalue weighted by molar-refractivity contribution is 1.08. The van der Waals surface area contributed by atoms with Crippen molar-refractivity contribution in [2.75, 3.05) is 5.32 Å². The molecule has 27 heavy (non-hydrogen) atoms. The van der Waals surface area contributed by atoms with Gasteiger partial charge in [0.25, 0.3) is 0 Å². The zero-order valence-corrected chi connectivity index (χ0v) is 15.7.